The summed E-state index contributed by atoms with van der Waals surface area (Å²) in [6.07, 6.45) is 9.84. The minimum atomic E-state index is -1.97. The number of aliphatic carboxylic acids is 1. The summed E-state index contributed by atoms with van der Waals surface area (Å²) < 4.78 is 0. The van der Waals surface area contributed by atoms with Crippen LogP contribution >= 0.6 is 0 Å². The molecule has 0 saturated heterocycles. The van der Waals surface area contributed by atoms with E-state index >= 15 is 0 Å². The molecule has 80 heavy (non-hydrogen) atoms. The Morgan fingerprint density at radius 3 is 1.41 bits per heavy atom. The van der Waals surface area contributed by atoms with Crippen LogP contribution in [0.15, 0.2) is 0 Å². The molecule has 0 aliphatic rings. The van der Waals surface area contributed by atoms with Crippen LogP contribution in [0.3, 0.4) is 0 Å². The molecular weight excluding hydrogens is 1050 g/mol. The zero-order chi connectivity index (χ0) is 60.9. The summed E-state index contributed by atoms with van der Waals surface area (Å²) in [5.41, 5.74) is 10.6. The second kappa shape index (κ2) is 40.9. The predicted octanol–water partition coefficient (Wildman–Crippen LogP) is -4.38. The Hall–Kier alpha value is -7.21. The molecule has 20 N–H and O–H groups in total. The molecule has 30 nitrogen and oxygen atoms in total. The lowest BCUT2D eigenvalue weighted by Gasteiger charge is -2.27. The molecule has 0 bridgehead atoms. The molecule has 11 amide bonds. The third-order valence-electron chi connectivity index (χ3n) is 12.3. The van der Waals surface area contributed by atoms with Crippen LogP contribution in [0, 0.1) is 5.41 Å². The maximum atomic E-state index is 13.3. The fraction of sp³-hybridized carbons (Fsp3) is 0.740. The van der Waals surface area contributed by atoms with Gasteiger partial charge in [-0.1, -0.05) is 84.0 Å². The Kier molecular flexibility index (Phi) is 37.2. The second-order valence-corrected chi connectivity index (χ2v) is 19.5. The van der Waals surface area contributed by atoms with Gasteiger partial charge in [0.1, 0.15) is 48.3 Å². The van der Waals surface area contributed by atoms with Crippen molar-refractivity contribution in [3.8, 4) is 0 Å². The number of amides is 11. The van der Waals surface area contributed by atoms with E-state index in [9.17, 15) is 78.0 Å². The molecule has 0 fully saturated rings. The van der Waals surface area contributed by atoms with E-state index in [1.165, 1.54) is 72.3 Å². The first-order valence-electron chi connectivity index (χ1n) is 27.1. The SMILES string of the molecule is CCCCCCCCCCCCCCCC(=O)N[C@H](C(=O)N[C@@H](CC(N)=O)C(=O)N[C@@H](C)C(=O)NCC(=O)N[C@@H](C)C(=O)N[C@@H](CO)C(=O)N[C@@H](CC(=O)O)C(=O)N[C@H](C(=O)N[C@@H](CCCNC(=N)N)C(=O)NC)[C@@H](C)O)[C@@H](C)O. The van der Waals surface area contributed by atoms with Crippen LogP contribution in [0.25, 0.3) is 0 Å². The average Bonchev–Trinajstić information content (AvgIpc) is 3.38. The topological polar surface area (TPSA) is 494 Å². The Morgan fingerprint density at radius 1 is 0.475 bits per heavy atom. The van der Waals surface area contributed by atoms with Gasteiger partial charge in [0.2, 0.25) is 65.0 Å². The molecule has 0 saturated carbocycles. The van der Waals surface area contributed by atoms with Crippen LogP contribution in [-0.4, -0.2) is 185 Å². The van der Waals surface area contributed by atoms with Gasteiger partial charge in [0.25, 0.3) is 0 Å². The van der Waals surface area contributed by atoms with Gasteiger partial charge >= 0.3 is 5.97 Å². The summed E-state index contributed by atoms with van der Waals surface area (Å²) >= 11 is 0. The summed E-state index contributed by atoms with van der Waals surface area (Å²) in [6.45, 7) is 5.12. The zero-order valence-corrected chi connectivity index (χ0v) is 47.0. The fourth-order valence-electron chi connectivity index (χ4n) is 7.72. The highest BCUT2D eigenvalue weighted by atomic mass is 16.4. The molecule has 10 atom stereocenters. The Labute approximate surface area is 466 Å². The highest BCUT2D eigenvalue weighted by Gasteiger charge is 2.35. The first-order valence-corrected chi connectivity index (χ1v) is 27.1. The zero-order valence-electron chi connectivity index (χ0n) is 47.0. The number of nitrogens with two attached hydrogens (primary N) is 2. The number of carboxylic acids is 1. The van der Waals surface area contributed by atoms with Crippen molar-refractivity contribution < 1.29 is 78.0 Å². The van der Waals surface area contributed by atoms with Crippen LogP contribution in [0.2, 0.25) is 0 Å². The number of hydrogen-bond donors (Lipinski definition) is 18. The van der Waals surface area contributed by atoms with Crippen molar-refractivity contribution in [1.82, 2.24) is 58.5 Å². The maximum absolute atomic E-state index is 13.3. The lowest BCUT2D eigenvalue weighted by Crippen LogP contribution is -2.61. The number of nitrogens with one attached hydrogen (secondary N) is 12. The molecule has 0 unspecified atom stereocenters. The smallest absolute Gasteiger partial charge is 0.305 e. The van der Waals surface area contributed by atoms with E-state index in [2.05, 4.69) is 60.1 Å². The van der Waals surface area contributed by atoms with Gasteiger partial charge < -0.3 is 90.4 Å². The number of hydrogen-bond acceptors (Lipinski definition) is 16. The molecule has 0 aromatic heterocycles. The molecule has 0 rings (SSSR count). The predicted molar refractivity (Wildman–Crippen MR) is 290 cm³/mol. The van der Waals surface area contributed by atoms with Crippen molar-refractivity contribution in [3.05, 3.63) is 0 Å². The normalized spacial score (nSPS) is 14.7. The molecule has 0 aliphatic carbocycles. The van der Waals surface area contributed by atoms with E-state index in [0.717, 1.165) is 39.5 Å². The minimum absolute atomic E-state index is 0.0165. The van der Waals surface area contributed by atoms with Crippen molar-refractivity contribution in [1.29, 1.82) is 5.41 Å². The van der Waals surface area contributed by atoms with Crippen molar-refractivity contribution in [2.75, 3.05) is 26.7 Å². The highest BCUT2D eigenvalue weighted by Crippen LogP contribution is 2.13. The minimum Gasteiger partial charge on any atom is -0.481 e. The van der Waals surface area contributed by atoms with Crippen molar-refractivity contribution in [3.63, 3.8) is 0 Å². The van der Waals surface area contributed by atoms with Crippen LogP contribution in [0.1, 0.15) is 150 Å². The molecule has 0 heterocycles. The number of carbonyl (C=O) groups excluding carboxylic acids is 11. The molecule has 0 aromatic carbocycles. The standard InChI is InChI=1S/C50H90N14O16/c1-7-8-9-10-11-12-13-14-15-16-17-18-19-22-37(69)63-40(30(4)66)48(79)61-33(24-36(51)68)45(76)58-28(2)42(73)56-26-38(70)57-29(3)43(74)62-35(27-65)47(78)60-34(25-39(71)72)46(77)64-41(31(5)67)49(80)59-32(44(75)54-6)21-20-23-55-50(52)53/h28-35,40-41,65-67H,7-27H2,1-6H3,(H2,51,68)(H,54,75)(H,56,73)(H,57,70)(H,58,76)(H,59,80)(H,60,78)(H,61,79)(H,62,74)(H,63,69)(H,64,77)(H,71,72)(H4,52,53,55)/t28-,29-,30+,31+,32-,33-,34-,35-,40-,41-/m0/s1. The van der Waals surface area contributed by atoms with Gasteiger partial charge in [-0.25, -0.2) is 0 Å². The van der Waals surface area contributed by atoms with E-state index in [0.29, 0.717) is 6.42 Å². The van der Waals surface area contributed by atoms with Gasteiger partial charge in [-0.2, -0.15) is 0 Å². The third-order valence-corrected chi connectivity index (χ3v) is 12.3. The molecule has 0 spiro atoms. The highest BCUT2D eigenvalue weighted by molar-refractivity contribution is 5.99. The van der Waals surface area contributed by atoms with E-state index in [-0.39, 0.29) is 31.8 Å². The quantitative estimate of drug-likeness (QED) is 0.0156. The number of carboxylic acid groups (broad SMARTS) is 1. The lowest BCUT2D eigenvalue weighted by molar-refractivity contribution is -0.142. The summed E-state index contributed by atoms with van der Waals surface area (Å²) in [7, 11) is 1.29. The Morgan fingerprint density at radius 2 is 0.925 bits per heavy atom. The molecule has 0 radical (unpaired) electrons. The van der Waals surface area contributed by atoms with Crippen molar-refractivity contribution in [2.24, 2.45) is 11.5 Å². The molecule has 456 valence electrons. The summed E-state index contributed by atoms with van der Waals surface area (Å²) in [5, 5.41) is 72.4. The lowest BCUT2D eigenvalue weighted by atomic mass is 10.0. The van der Waals surface area contributed by atoms with Gasteiger partial charge in [0, 0.05) is 20.0 Å². The summed E-state index contributed by atoms with van der Waals surface area (Å²) in [6, 6.07) is -12.9. The van der Waals surface area contributed by atoms with Crippen molar-refractivity contribution in [2.45, 2.75) is 211 Å². The number of rotatable bonds is 43. The number of carbonyl (C=O) groups is 12. The number of aliphatic hydroxyl groups excluding tert-OH is 3. The van der Waals surface area contributed by atoms with Crippen molar-refractivity contribution >= 4 is 76.9 Å². The average molecular weight is 1140 g/mol. The molecule has 30 heteroatoms. The summed E-state index contributed by atoms with van der Waals surface area (Å²) in [4.78, 5) is 154. The van der Waals surface area contributed by atoms with Crippen LogP contribution < -0.4 is 70.0 Å². The molecule has 0 aliphatic heterocycles. The van der Waals surface area contributed by atoms with Crippen LogP contribution in [-0.2, 0) is 57.5 Å². The number of unbranched alkanes of at least 4 members (excludes halogenated alkanes) is 12. The number of primary amides is 1. The van der Waals surface area contributed by atoms with Crippen LogP contribution in [0.4, 0.5) is 0 Å². The first-order chi connectivity index (χ1) is 37.7. The fourth-order valence-corrected chi connectivity index (χ4v) is 7.72. The van der Waals surface area contributed by atoms with Gasteiger partial charge in [-0.3, -0.25) is 62.9 Å². The third kappa shape index (κ3) is 32.0. The van der Waals surface area contributed by atoms with E-state index in [4.69, 9.17) is 16.9 Å². The number of aliphatic hydroxyl groups is 3. The molecular formula is C50H90N14O16. The first kappa shape index (κ1) is 72.8. The van der Waals surface area contributed by atoms with Gasteiger partial charge in [-0.15, -0.1) is 0 Å². The second-order valence-electron chi connectivity index (χ2n) is 19.5. The monoisotopic (exact) mass is 1140 g/mol. The maximum Gasteiger partial charge on any atom is 0.305 e. The van der Waals surface area contributed by atoms with Crippen LogP contribution in [0.5, 0.6) is 0 Å². The largest absolute Gasteiger partial charge is 0.481 e. The van der Waals surface area contributed by atoms with Gasteiger partial charge in [0.05, 0.1) is 38.2 Å². The number of likely N-dealkylation sites (N-methyl/N-ethyl adjacent to an activating group) is 1. The van der Waals surface area contributed by atoms with Gasteiger partial charge in [-0.05, 0) is 47.0 Å². The van der Waals surface area contributed by atoms with E-state index in [1.54, 1.807) is 0 Å². The van der Waals surface area contributed by atoms with Gasteiger partial charge in [0.15, 0.2) is 5.96 Å². The Bertz CT molecular complexity index is 2050. The van der Waals surface area contributed by atoms with E-state index in [1.807, 2.05) is 5.32 Å². The van der Waals surface area contributed by atoms with E-state index < -0.39 is 157 Å². The Balaban J connectivity index is 5.38. The molecule has 0 aromatic rings. The summed E-state index contributed by atoms with van der Waals surface area (Å²) in [5.74, 6) is -12.9. The number of guanidine groups is 1.